The van der Waals surface area contributed by atoms with E-state index in [-0.39, 0.29) is 29.5 Å². The molecular weight excluding hydrogens is 458 g/mol. The third kappa shape index (κ3) is 6.15. The van der Waals surface area contributed by atoms with Crippen molar-refractivity contribution in [2.45, 2.75) is 38.9 Å². The van der Waals surface area contributed by atoms with Crippen molar-refractivity contribution in [2.24, 2.45) is 13.0 Å². The Labute approximate surface area is 203 Å². The number of para-hydroxylation sites is 1. The van der Waals surface area contributed by atoms with E-state index in [2.05, 4.69) is 20.8 Å². The molecule has 3 aromatic rings. The number of benzene rings is 2. The van der Waals surface area contributed by atoms with Crippen molar-refractivity contribution >= 4 is 40.9 Å². The Bertz CT molecular complexity index is 1120. The number of aromatic nitrogens is 3. The summed E-state index contributed by atoms with van der Waals surface area (Å²) in [6, 6.07) is 12.3. The van der Waals surface area contributed by atoms with Gasteiger partial charge in [-0.15, -0.1) is 10.2 Å². The Hall–Kier alpha value is -2.84. The minimum Gasteiger partial charge on any atom is -0.342 e. The number of rotatable bonds is 8. The van der Waals surface area contributed by atoms with Gasteiger partial charge in [-0.2, -0.15) is 0 Å². The third-order valence-electron chi connectivity index (χ3n) is 5.28. The summed E-state index contributed by atoms with van der Waals surface area (Å²) in [5.74, 6) is 0.580. The standard InChI is InChI=1S/C24H28ClN5O2S/c1-14(2)20(27-23(32)17-9-11-18(25)12-10-17)22-28-29-24(30(22)5)33-13-19(31)26-21-15(3)7-6-8-16(21)4/h6-12,14,20H,13H2,1-5H3,(H,26,31)(H,27,32)/t20-/m0/s1. The van der Waals surface area contributed by atoms with Crippen LogP contribution in [0.4, 0.5) is 5.69 Å². The molecule has 0 aliphatic carbocycles. The van der Waals surface area contributed by atoms with E-state index in [4.69, 9.17) is 11.6 Å². The van der Waals surface area contributed by atoms with E-state index in [9.17, 15) is 9.59 Å². The van der Waals surface area contributed by atoms with Crippen molar-refractivity contribution in [2.75, 3.05) is 11.1 Å². The maximum atomic E-state index is 12.7. The van der Waals surface area contributed by atoms with Crippen LogP contribution in [0, 0.1) is 19.8 Å². The van der Waals surface area contributed by atoms with Gasteiger partial charge in [0.05, 0.1) is 11.8 Å². The highest BCUT2D eigenvalue weighted by Crippen LogP contribution is 2.25. The molecule has 2 aromatic carbocycles. The van der Waals surface area contributed by atoms with Crippen LogP contribution in [0.25, 0.3) is 0 Å². The smallest absolute Gasteiger partial charge is 0.251 e. The van der Waals surface area contributed by atoms with E-state index in [1.165, 1.54) is 11.8 Å². The fraction of sp³-hybridized carbons (Fsp3) is 0.333. The normalized spacial score (nSPS) is 12.0. The van der Waals surface area contributed by atoms with Crippen molar-refractivity contribution in [1.82, 2.24) is 20.1 Å². The number of aryl methyl sites for hydroxylation is 2. The number of anilines is 1. The number of carbonyl (C=O) groups excluding carboxylic acids is 2. The van der Waals surface area contributed by atoms with Gasteiger partial charge in [0.15, 0.2) is 11.0 Å². The average Bonchev–Trinajstić information content (AvgIpc) is 3.13. The van der Waals surface area contributed by atoms with Gasteiger partial charge in [0, 0.05) is 23.3 Å². The first-order chi connectivity index (χ1) is 15.7. The summed E-state index contributed by atoms with van der Waals surface area (Å²) in [5.41, 5.74) is 3.40. The van der Waals surface area contributed by atoms with Crippen LogP contribution in [0.3, 0.4) is 0 Å². The van der Waals surface area contributed by atoms with Crippen LogP contribution < -0.4 is 10.6 Å². The molecule has 9 heteroatoms. The van der Waals surface area contributed by atoms with Crippen LogP contribution >= 0.6 is 23.4 Å². The number of nitrogens with zero attached hydrogens (tertiary/aromatic N) is 3. The van der Waals surface area contributed by atoms with Crippen molar-refractivity contribution in [3.05, 3.63) is 70.0 Å². The molecule has 2 N–H and O–H groups in total. The molecule has 0 spiro atoms. The van der Waals surface area contributed by atoms with E-state index < -0.39 is 0 Å². The van der Waals surface area contributed by atoms with Crippen LogP contribution in [0.15, 0.2) is 47.6 Å². The molecule has 0 radical (unpaired) electrons. The Morgan fingerprint density at radius 1 is 1.06 bits per heavy atom. The first-order valence-electron chi connectivity index (χ1n) is 10.6. The maximum Gasteiger partial charge on any atom is 0.251 e. The van der Waals surface area contributed by atoms with Gasteiger partial charge in [0.2, 0.25) is 5.91 Å². The van der Waals surface area contributed by atoms with Gasteiger partial charge < -0.3 is 15.2 Å². The number of hydrogen-bond donors (Lipinski definition) is 2. The molecule has 0 aliphatic heterocycles. The van der Waals surface area contributed by atoms with Gasteiger partial charge >= 0.3 is 0 Å². The fourth-order valence-electron chi connectivity index (χ4n) is 3.40. The summed E-state index contributed by atoms with van der Waals surface area (Å²) in [4.78, 5) is 25.3. The molecule has 174 valence electrons. The summed E-state index contributed by atoms with van der Waals surface area (Å²) in [6.45, 7) is 7.95. The van der Waals surface area contributed by atoms with Gasteiger partial charge in [0.25, 0.3) is 5.91 Å². The Balaban J connectivity index is 1.68. The lowest BCUT2D eigenvalue weighted by atomic mass is 10.0. The molecule has 1 atom stereocenters. The monoisotopic (exact) mass is 485 g/mol. The lowest BCUT2D eigenvalue weighted by molar-refractivity contribution is -0.113. The second-order valence-electron chi connectivity index (χ2n) is 8.21. The largest absolute Gasteiger partial charge is 0.342 e. The van der Waals surface area contributed by atoms with Gasteiger partial charge in [-0.05, 0) is 55.2 Å². The summed E-state index contributed by atoms with van der Waals surface area (Å²) < 4.78 is 1.82. The zero-order chi connectivity index (χ0) is 24.1. The van der Waals surface area contributed by atoms with Crippen LogP contribution in [0.2, 0.25) is 5.02 Å². The second-order valence-corrected chi connectivity index (χ2v) is 9.58. The Morgan fingerprint density at radius 3 is 2.30 bits per heavy atom. The van der Waals surface area contributed by atoms with Gasteiger partial charge in [-0.3, -0.25) is 9.59 Å². The summed E-state index contributed by atoms with van der Waals surface area (Å²) >= 11 is 7.22. The molecule has 0 aliphatic rings. The Morgan fingerprint density at radius 2 is 1.70 bits per heavy atom. The van der Waals surface area contributed by atoms with Gasteiger partial charge in [-0.1, -0.05) is 55.4 Å². The predicted octanol–water partition coefficient (Wildman–Crippen LogP) is 4.94. The highest BCUT2D eigenvalue weighted by Gasteiger charge is 2.25. The van der Waals surface area contributed by atoms with Crippen LogP contribution in [-0.4, -0.2) is 32.3 Å². The topological polar surface area (TPSA) is 88.9 Å². The molecular formula is C24H28ClN5O2S. The highest BCUT2D eigenvalue weighted by atomic mass is 35.5. The molecule has 33 heavy (non-hydrogen) atoms. The Kier molecular flexibility index (Phi) is 8.15. The quantitative estimate of drug-likeness (QED) is 0.441. The molecule has 3 rings (SSSR count). The van der Waals surface area contributed by atoms with E-state index in [0.29, 0.717) is 21.6 Å². The van der Waals surface area contributed by atoms with Gasteiger partial charge in [-0.25, -0.2) is 0 Å². The van der Waals surface area contributed by atoms with Crippen molar-refractivity contribution < 1.29 is 9.59 Å². The van der Waals surface area contributed by atoms with E-state index >= 15 is 0 Å². The minimum atomic E-state index is -0.344. The first kappa shape index (κ1) is 24.8. The van der Waals surface area contributed by atoms with Crippen molar-refractivity contribution in [3.8, 4) is 0 Å². The number of nitrogens with one attached hydrogen (secondary N) is 2. The average molecular weight is 486 g/mol. The van der Waals surface area contributed by atoms with Crippen LogP contribution in [-0.2, 0) is 11.8 Å². The molecule has 1 aromatic heterocycles. The van der Waals surface area contributed by atoms with E-state index in [1.807, 2.05) is 57.5 Å². The highest BCUT2D eigenvalue weighted by molar-refractivity contribution is 7.99. The van der Waals surface area contributed by atoms with Gasteiger partial charge in [0.1, 0.15) is 0 Å². The van der Waals surface area contributed by atoms with Crippen molar-refractivity contribution in [1.29, 1.82) is 0 Å². The van der Waals surface area contributed by atoms with E-state index in [1.54, 1.807) is 24.3 Å². The SMILES string of the molecule is Cc1cccc(C)c1NC(=O)CSc1nnc([C@@H](NC(=O)c2ccc(Cl)cc2)C(C)C)n1C. The molecule has 0 fully saturated rings. The number of carbonyl (C=O) groups is 2. The maximum absolute atomic E-state index is 12.7. The zero-order valence-electron chi connectivity index (χ0n) is 19.3. The lowest BCUT2D eigenvalue weighted by Crippen LogP contribution is -2.33. The zero-order valence-corrected chi connectivity index (χ0v) is 20.9. The molecule has 0 saturated carbocycles. The predicted molar refractivity (Wildman–Crippen MR) is 133 cm³/mol. The molecule has 0 saturated heterocycles. The van der Waals surface area contributed by atoms with Crippen molar-refractivity contribution in [3.63, 3.8) is 0 Å². The molecule has 0 bridgehead atoms. The second kappa shape index (κ2) is 10.9. The van der Waals surface area contributed by atoms with Crippen LogP contribution in [0.1, 0.15) is 47.2 Å². The summed E-state index contributed by atoms with van der Waals surface area (Å²) in [6.07, 6.45) is 0. The number of hydrogen-bond acceptors (Lipinski definition) is 5. The van der Waals surface area contributed by atoms with Crippen LogP contribution in [0.5, 0.6) is 0 Å². The molecule has 7 nitrogen and oxygen atoms in total. The number of thioether (sulfide) groups is 1. The third-order valence-corrected chi connectivity index (χ3v) is 6.56. The fourth-order valence-corrected chi connectivity index (χ4v) is 4.24. The minimum absolute atomic E-state index is 0.0781. The summed E-state index contributed by atoms with van der Waals surface area (Å²) in [7, 11) is 1.84. The molecule has 0 unspecified atom stereocenters. The molecule has 1 heterocycles. The number of halogens is 1. The lowest BCUT2D eigenvalue weighted by Gasteiger charge is -2.21. The first-order valence-corrected chi connectivity index (χ1v) is 12.0. The van der Waals surface area contributed by atoms with E-state index in [0.717, 1.165) is 16.8 Å². The summed E-state index contributed by atoms with van der Waals surface area (Å²) in [5, 5.41) is 15.8. The number of amides is 2. The molecule has 2 amide bonds.